The SMILES string of the molecule is CCc1noc(C)c1C(=O)NC1CC(c2ccc(Br)cc2)C1. The van der Waals surface area contributed by atoms with Crippen molar-refractivity contribution in [2.24, 2.45) is 0 Å². The van der Waals surface area contributed by atoms with Crippen LogP contribution in [0.5, 0.6) is 0 Å². The third-order valence-corrected chi connectivity index (χ3v) is 4.84. The summed E-state index contributed by atoms with van der Waals surface area (Å²) in [6.45, 7) is 3.76. The normalized spacial score (nSPS) is 20.5. The van der Waals surface area contributed by atoms with Crippen molar-refractivity contribution in [2.75, 3.05) is 0 Å². The molecule has 1 N–H and O–H groups in total. The molecule has 1 fully saturated rings. The van der Waals surface area contributed by atoms with E-state index in [0.717, 1.165) is 23.0 Å². The minimum atomic E-state index is -0.0603. The Balaban J connectivity index is 1.59. The van der Waals surface area contributed by atoms with Gasteiger partial charge in [0.25, 0.3) is 5.91 Å². The lowest BCUT2D eigenvalue weighted by Crippen LogP contribution is -2.43. The number of halogens is 1. The summed E-state index contributed by atoms with van der Waals surface area (Å²) in [6, 6.07) is 8.66. The second-order valence-electron chi connectivity index (χ2n) is 5.80. The Morgan fingerprint density at radius 3 is 2.68 bits per heavy atom. The van der Waals surface area contributed by atoms with Crippen LogP contribution in [0.15, 0.2) is 33.3 Å². The van der Waals surface area contributed by atoms with Crippen LogP contribution in [-0.2, 0) is 6.42 Å². The van der Waals surface area contributed by atoms with Crippen molar-refractivity contribution in [1.82, 2.24) is 10.5 Å². The van der Waals surface area contributed by atoms with E-state index < -0.39 is 0 Å². The topological polar surface area (TPSA) is 55.1 Å². The van der Waals surface area contributed by atoms with Gasteiger partial charge in [0.2, 0.25) is 0 Å². The molecule has 22 heavy (non-hydrogen) atoms. The number of aromatic nitrogens is 1. The van der Waals surface area contributed by atoms with Crippen LogP contribution in [0.2, 0.25) is 0 Å². The average molecular weight is 363 g/mol. The van der Waals surface area contributed by atoms with Crippen LogP contribution in [0.4, 0.5) is 0 Å². The van der Waals surface area contributed by atoms with E-state index in [1.807, 2.05) is 6.92 Å². The Morgan fingerprint density at radius 2 is 2.05 bits per heavy atom. The van der Waals surface area contributed by atoms with Gasteiger partial charge in [-0.3, -0.25) is 4.79 Å². The standard InChI is InChI=1S/C17H19BrN2O2/c1-3-15-16(10(2)22-20-15)17(21)19-14-8-12(9-14)11-4-6-13(18)7-5-11/h4-7,12,14H,3,8-9H2,1-2H3,(H,19,21). The van der Waals surface area contributed by atoms with Crippen LogP contribution < -0.4 is 5.32 Å². The molecule has 3 rings (SSSR count). The van der Waals surface area contributed by atoms with Crippen molar-refractivity contribution >= 4 is 21.8 Å². The van der Waals surface area contributed by atoms with E-state index in [2.05, 4.69) is 50.7 Å². The maximum atomic E-state index is 12.4. The van der Waals surface area contributed by atoms with Crippen LogP contribution in [0.25, 0.3) is 0 Å². The summed E-state index contributed by atoms with van der Waals surface area (Å²) in [5, 5.41) is 7.03. The zero-order chi connectivity index (χ0) is 15.7. The molecule has 5 heteroatoms. The second kappa shape index (κ2) is 6.24. The molecule has 2 aromatic rings. The maximum absolute atomic E-state index is 12.4. The number of benzene rings is 1. The first kappa shape index (κ1) is 15.3. The number of nitrogens with zero attached hydrogens (tertiary/aromatic N) is 1. The molecule has 0 atom stereocenters. The van der Waals surface area contributed by atoms with Gasteiger partial charge in [-0.2, -0.15) is 0 Å². The highest BCUT2D eigenvalue weighted by Gasteiger charge is 2.32. The van der Waals surface area contributed by atoms with Crippen molar-refractivity contribution in [1.29, 1.82) is 0 Å². The molecule has 1 amide bonds. The lowest BCUT2D eigenvalue weighted by Gasteiger charge is -2.36. The molecule has 0 spiro atoms. The highest BCUT2D eigenvalue weighted by molar-refractivity contribution is 9.10. The molecule has 1 aromatic heterocycles. The van der Waals surface area contributed by atoms with Crippen molar-refractivity contribution in [3.05, 3.63) is 51.3 Å². The zero-order valence-corrected chi connectivity index (χ0v) is 14.3. The number of amides is 1. The van der Waals surface area contributed by atoms with Crippen molar-refractivity contribution in [3.8, 4) is 0 Å². The molecule has 1 aromatic carbocycles. The summed E-state index contributed by atoms with van der Waals surface area (Å²) in [5.41, 5.74) is 2.68. The minimum Gasteiger partial charge on any atom is -0.361 e. The van der Waals surface area contributed by atoms with Gasteiger partial charge in [-0.15, -0.1) is 0 Å². The smallest absolute Gasteiger partial charge is 0.257 e. The second-order valence-corrected chi connectivity index (χ2v) is 6.72. The fourth-order valence-corrected chi connectivity index (χ4v) is 3.22. The Hall–Kier alpha value is -1.62. The third-order valence-electron chi connectivity index (χ3n) is 4.31. The molecule has 1 saturated carbocycles. The minimum absolute atomic E-state index is 0.0603. The fourth-order valence-electron chi connectivity index (χ4n) is 2.95. The molecule has 0 saturated heterocycles. The number of carbonyl (C=O) groups is 1. The average Bonchev–Trinajstić information content (AvgIpc) is 2.84. The van der Waals surface area contributed by atoms with Crippen LogP contribution in [-0.4, -0.2) is 17.1 Å². The Bertz CT molecular complexity index is 672. The summed E-state index contributed by atoms with van der Waals surface area (Å²) >= 11 is 3.45. The van der Waals surface area contributed by atoms with Gasteiger partial charge in [0.15, 0.2) is 0 Å². The molecule has 1 heterocycles. The number of hydrogen-bond donors (Lipinski definition) is 1. The zero-order valence-electron chi connectivity index (χ0n) is 12.7. The van der Waals surface area contributed by atoms with Gasteiger partial charge in [0.05, 0.1) is 5.69 Å². The fraction of sp³-hybridized carbons (Fsp3) is 0.412. The highest BCUT2D eigenvalue weighted by Crippen LogP contribution is 2.37. The molecule has 1 aliphatic rings. The number of aryl methyl sites for hydroxylation is 2. The molecule has 0 aliphatic heterocycles. The summed E-state index contributed by atoms with van der Waals surface area (Å²) in [7, 11) is 0. The predicted molar refractivity (Wildman–Crippen MR) is 88.0 cm³/mol. The molecule has 0 unspecified atom stereocenters. The first-order valence-electron chi connectivity index (χ1n) is 7.60. The summed E-state index contributed by atoms with van der Waals surface area (Å²) in [5.74, 6) is 1.07. The molecule has 4 nitrogen and oxygen atoms in total. The van der Waals surface area contributed by atoms with E-state index in [9.17, 15) is 4.79 Å². The van der Waals surface area contributed by atoms with Crippen LogP contribution in [0.1, 0.15) is 53.1 Å². The van der Waals surface area contributed by atoms with Crippen LogP contribution in [0, 0.1) is 6.92 Å². The van der Waals surface area contributed by atoms with E-state index >= 15 is 0 Å². The van der Waals surface area contributed by atoms with Crippen molar-refractivity contribution < 1.29 is 9.32 Å². The highest BCUT2D eigenvalue weighted by atomic mass is 79.9. The van der Waals surface area contributed by atoms with Gasteiger partial charge < -0.3 is 9.84 Å². The van der Waals surface area contributed by atoms with Crippen molar-refractivity contribution in [2.45, 2.75) is 45.1 Å². The van der Waals surface area contributed by atoms with Crippen LogP contribution >= 0.6 is 15.9 Å². The van der Waals surface area contributed by atoms with Gasteiger partial charge in [-0.05, 0) is 49.8 Å². The summed E-state index contributed by atoms with van der Waals surface area (Å²) in [6.07, 6.45) is 2.67. The first-order chi connectivity index (χ1) is 10.6. The largest absolute Gasteiger partial charge is 0.361 e. The Kier molecular flexibility index (Phi) is 4.34. The van der Waals surface area contributed by atoms with Crippen LogP contribution in [0.3, 0.4) is 0 Å². The molecule has 1 aliphatic carbocycles. The van der Waals surface area contributed by atoms with Crippen molar-refractivity contribution in [3.63, 3.8) is 0 Å². The number of carbonyl (C=O) groups excluding carboxylic acids is 1. The van der Waals surface area contributed by atoms with Gasteiger partial charge in [0, 0.05) is 10.5 Å². The number of rotatable bonds is 4. The van der Waals surface area contributed by atoms with E-state index in [1.165, 1.54) is 5.56 Å². The maximum Gasteiger partial charge on any atom is 0.257 e. The molecular weight excluding hydrogens is 344 g/mol. The molecule has 0 bridgehead atoms. The van der Waals surface area contributed by atoms with E-state index in [4.69, 9.17) is 4.52 Å². The van der Waals surface area contributed by atoms with E-state index in [-0.39, 0.29) is 11.9 Å². The number of nitrogens with one attached hydrogen (secondary N) is 1. The Morgan fingerprint density at radius 1 is 1.36 bits per heavy atom. The van der Waals surface area contributed by atoms with E-state index in [1.54, 1.807) is 6.92 Å². The van der Waals surface area contributed by atoms with Gasteiger partial charge in [-0.1, -0.05) is 40.1 Å². The molecular formula is C17H19BrN2O2. The first-order valence-corrected chi connectivity index (χ1v) is 8.39. The summed E-state index contributed by atoms with van der Waals surface area (Å²) < 4.78 is 6.22. The number of hydrogen-bond acceptors (Lipinski definition) is 3. The lowest BCUT2D eigenvalue weighted by molar-refractivity contribution is 0.0906. The Labute approximate surface area is 138 Å². The monoisotopic (exact) mass is 362 g/mol. The predicted octanol–water partition coefficient (Wildman–Crippen LogP) is 3.98. The molecule has 116 valence electrons. The quantitative estimate of drug-likeness (QED) is 0.894. The molecule has 0 radical (unpaired) electrons. The van der Waals surface area contributed by atoms with Gasteiger partial charge >= 0.3 is 0 Å². The van der Waals surface area contributed by atoms with E-state index in [0.29, 0.717) is 23.7 Å². The lowest BCUT2D eigenvalue weighted by atomic mass is 9.76. The summed E-state index contributed by atoms with van der Waals surface area (Å²) in [4.78, 5) is 12.4. The van der Waals surface area contributed by atoms with Gasteiger partial charge in [0.1, 0.15) is 11.3 Å². The third kappa shape index (κ3) is 2.95. The van der Waals surface area contributed by atoms with Gasteiger partial charge in [-0.25, -0.2) is 0 Å².